The summed E-state index contributed by atoms with van der Waals surface area (Å²) in [6, 6.07) is 9.96. The normalized spacial score (nSPS) is 13.9. The molecule has 0 aliphatic carbocycles. The highest BCUT2D eigenvalue weighted by molar-refractivity contribution is 7.87. The highest BCUT2D eigenvalue weighted by Gasteiger charge is 2.49. The van der Waals surface area contributed by atoms with Crippen LogP contribution in [0, 0.1) is 11.8 Å². The predicted octanol–water partition coefficient (Wildman–Crippen LogP) is 2.26. The van der Waals surface area contributed by atoms with Gasteiger partial charge in [0, 0.05) is 13.2 Å². The third-order valence-corrected chi connectivity index (χ3v) is 8.83. The summed E-state index contributed by atoms with van der Waals surface area (Å²) >= 11 is 3.36. The third-order valence-electron chi connectivity index (χ3n) is 6.65. The number of alkyl halides is 6. The fraction of sp³-hybridized carbons (Fsp3) is 0.733. The number of benzene rings is 1. The van der Waals surface area contributed by atoms with Crippen molar-refractivity contribution in [2.75, 3.05) is 59.3 Å². The summed E-state index contributed by atoms with van der Waals surface area (Å²) in [6.45, 7) is 9.79. The van der Waals surface area contributed by atoms with E-state index in [4.69, 9.17) is 10.2 Å². The molecular formula is C30H51F6NO14S3. The van der Waals surface area contributed by atoms with Crippen LogP contribution in [-0.2, 0) is 51.8 Å². The van der Waals surface area contributed by atoms with Gasteiger partial charge in [-0.15, -0.1) is 0 Å². The maximum absolute atomic E-state index is 12.8. The molecule has 0 amide bonds. The van der Waals surface area contributed by atoms with Gasteiger partial charge in [-0.25, -0.2) is 35.2 Å². The standard InChI is InChI=1S/2C9H15F3O7S.C6H15N.C6H6S/c2*1-6(4-13)2-3-18-8(14)19-5-7(10)9(11,12)20(15,16)17;1-4-7(5-2)6-3;7-6-4-2-1-3-5-6/h2*6-7,13H,2-5H2,1H3,(H,15,16,17);4-6H2,1-3H3;1-5,7H. The maximum atomic E-state index is 12.8. The molecule has 1 aromatic rings. The first kappa shape index (κ1) is 55.7. The summed E-state index contributed by atoms with van der Waals surface area (Å²) in [5.74, 6) is -0.349. The molecule has 0 aromatic heterocycles. The molecule has 0 radical (unpaired) electrons. The quantitative estimate of drug-likeness (QED) is 0.0785. The molecule has 0 saturated carbocycles. The number of aliphatic hydroxyl groups excluding tert-OH is 2. The number of halogens is 6. The summed E-state index contributed by atoms with van der Waals surface area (Å²) in [5, 5.41) is 6.91. The molecule has 15 nitrogen and oxygen atoms in total. The van der Waals surface area contributed by atoms with Crippen LogP contribution < -0.4 is 4.90 Å². The Kier molecular flexibility index (Phi) is 29.7. The van der Waals surface area contributed by atoms with Gasteiger partial charge in [-0.1, -0.05) is 32.0 Å². The van der Waals surface area contributed by atoms with Crippen LogP contribution in [-0.4, -0.2) is 131 Å². The second-order valence-electron chi connectivity index (χ2n) is 11.1. The highest BCUT2D eigenvalue weighted by atomic mass is 32.2. The summed E-state index contributed by atoms with van der Waals surface area (Å²) < 4.78 is 153. The van der Waals surface area contributed by atoms with Crippen LogP contribution in [0.2, 0.25) is 0 Å². The zero-order valence-electron chi connectivity index (χ0n) is 30.4. The number of quaternary nitrogens is 1. The summed E-state index contributed by atoms with van der Waals surface area (Å²) in [6.07, 6.45) is -9.44. The van der Waals surface area contributed by atoms with E-state index in [1.165, 1.54) is 19.6 Å². The molecule has 0 heterocycles. The number of hydrogen-bond donors (Lipinski definition) is 3. The number of carbonyl (C=O) groups excluding carboxylic acids is 2. The van der Waals surface area contributed by atoms with E-state index in [2.05, 4.69) is 52.3 Å². The molecule has 0 fully saturated rings. The fourth-order valence-electron chi connectivity index (χ4n) is 2.93. The number of nitrogens with one attached hydrogen (secondary N) is 1. The van der Waals surface area contributed by atoms with Gasteiger partial charge in [0.25, 0.3) is 0 Å². The van der Waals surface area contributed by atoms with Crippen molar-refractivity contribution in [1.29, 1.82) is 0 Å². The average molecular weight is 860 g/mol. The Morgan fingerprint density at radius 3 is 1.24 bits per heavy atom. The first-order valence-corrected chi connectivity index (χ1v) is 19.5. The largest absolute Gasteiger partial charge is 0.743 e. The molecule has 3 N–H and O–H groups in total. The summed E-state index contributed by atoms with van der Waals surface area (Å²) in [7, 11) is -12.4. The van der Waals surface area contributed by atoms with Gasteiger partial charge in [-0.2, -0.15) is 17.6 Å². The molecule has 1 aromatic carbocycles. The van der Waals surface area contributed by atoms with E-state index in [0.717, 1.165) is 4.90 Å². The van der Waals surface area contributed by atoms with Crippen LogP contribution >= 0.6 is 0 Å². The van der Waals surface area contributed by atoms with Crippen LogP contribution in [0.15, 0.2) is 35.2 Å². The molecule has 0 bridgehead atoms. The predicted molar refractivity (Wildman–Crippen MR) is 183 cm³/mol. The van der Waals surface area contributed by atoms with Gasteiger partial charge >= 0.3 is 22.8 Å². The number of hydrogen-bond acceptors (Lipinski definition) is 14. The average Bonchev–Trinajstić information content (AvgIpc) is 3.10. The summed E-state index contributed by atoms with van der Waals surface area (Å²) in [5.41, 5.74) is 0. The molecule has 0 aliphatic rings. The number of ether oxygens (including phenoxy) is 4. The van der Waals surface area contributed by atoms with Crippen LogP contribution in [0.4, 0.5) is 35.9 Å². The summed E-state index contributed by atoms with van der Waals surface area (Å²) in [4.78, 5) is 24.5. The number of rotatable bonds is 19. The van der Waals surface area contributed by atoms with Crippen molar-refractivity contribution in [1.82, 2.24) is 0 Å². The van der Waals surface area contributed by atoms with E-state index >= 15 is 0 Å². The minimum atomic E-state index is -6.20. The van der Waals surface area contributed by atoms with E-state index in [-0.39, 0.29) is 51.1 Å². The number of carbonyl (C=O) groups is 2. The fourth-order valence-corrected chi connectivity index (χ4v) is 3.89. The van der Waals surface area contributed by atoms with Gasteiger partial charge in [0.1, 0.15) is 18.1 Å². The van der Waals surface area contributed by atoms with Crippen molar-refractivity contribution < 1.29 is 95.9 Å². The molecule has 24 heteroatoms. The van der Waals surface area contributed by atoms with Gasteiger partial charge < -0.3 is 43.2 Å². The maximum Gasteiger partial charge on any atom is 0.508 e. The van der Waals surface area contributed by atoms with Crippen molar-refractivity contribution in [2.24, 2.45) is 11.8 Å². The van der Waals surface area contributed by atoms with Gasteiger partial charge in [0.05, 0.1) is 32.8 Å². The van der Waals surface area contributed by atoms with E-state index in [1.54, 1.807) is 18.7 Å². The zero-order valence-corrected chi connectivity index (χ0v) is 33.0. The van der Waals surface area contributed by atoms with Gasteiger partial charge in [0.2, 0.25) is 12.3 Å². The van der Waals surface area contributed by atoms with Crippen LogP contribution in [0.25, 0.3) is 0 Å². The highest BCUT2D eigenvalue weighted by Crippen LogP contribution is 2.28. The first-order chi connectivity index (χ1) is 24.8. The molecule has 4 unspecified atom stereocenters. The smallest absolute Gasteiger partial charge is 0.508 e. The van der Waals surface area contributed by atoms with Crippen molar-refractivity contribution >= 4 is 45.2 Å². The topological polar surface area (TPSA) is 230 Å². The Morgan fingerprint density at radius 2 is 1.04 bits per heavy atom. The van der Waals surface area contributed by atoms with Crippen LogP contribution in [0.5, 0.6) is 0 Å². The van der Waals surface area contributed by atoms with Gasteiger partial charge in [-0.3, -0.25) is 0 Å². The second-order valence-corrected chi connectivity index (χ2v) is 14.6. The van der Waals surface area contributed by atoms with Crippen molar-refractivity contribution in [3.63, 3.8) is 0 Å². The van der Waals surface area contributed by atoms with Crippen molar-refractivity contribution in [2.45, 2.75) is 75.2 Å². The molecular weight excluding hydrogens is 809 g/mol. The van der Waals surface area contributed by atoms with Crippen LogP contribution in [0.3, 0.4) is 0 Å². The SMILES string of the molecule is CC(CO)CCOC(=O)OCC(F)C(F)(F)S(=O)(=O)[O-].CC(CO)CCOC(=O)OCC(F)C(F)(F)S(=O)(=O)[O-].CC[NH+](CC)CC.[SH2+]c1ccccc1. The van der Waals surface area contributed by atoms with Crippen molar-refractivity contribution in [3.8, 4) is 0 Å². The van der Waals surface area contributed by atoms with Crippen molar-refractivity contribution in [3.05, 3.63) is 30.3 Å². The lowest BCUT2D eigenvalue weighted by Crippen LogP contribution is -3.11. The Bertz CT molecular complexity index is 1280. The molecule has 0 spiro atoms. The van der Waals surface area contributed by atoms with E-state index in [0.29, 0.717) is 0 Å². The first-order valence-electron chi connectivity index (χ1n) is 16.1. The van der Waals surface area contributed by atoms with Gasteiger partial charge in [-0.05, 0) is 70.2 Å². The molecule has 4 atom stereocenters. The zero-order chi connectivity index (χ0) is 42.8. The van der Waals surface area contributed by atoms with E-state index in [9.17, 15) is 61.9 Å². The van der Waals surface area contributed by atoms with E-state index in [1.807, 2.05) is 30.3 Å². The molecule has 0 saturated heterocycles. The lowest BCUT2D eigenvalue weighted by molar-refractivity contribution is -0.894. The minimum absolute atomic E-state index is 0.154. The monoisotopic (exact) mass is 859 g/mol. The second kappa shape index (κ2) is 28.7. The molecule has 320 valence electrons. The Hall–Kier alpha value is -2.61. The Balaban J connectivity index is -0.000000711. The molecule has 0 aliphatic heterocycles. The van der Waals surface area contributed by atoms with Crippen LogP contribution in [0.1, 0.15) is 47.5 Å². The lowest BCUT2D eigenvalue weighted by atomic mass is 10.1. The van der Waals surface area contributed by atoms with E-state index < -0.39 is 68.6 Å². The number of aliphatic hydroxyl groups is 2. The van der Waals surface area contributed by atoms with Gasteiger partial charge in [0.15, 0.2) is 20.2 Å². The minimum Gasteiger partial charge on any atom is -0.743 e. The molecule has 1 rings (SSSR count). The Labute approximate surface area is 317 Å². The third kappa shape index (κ3) is 25.5. The Morgan fingerprint density at radius 1 is 0.722 bits per heavy atom. The molecule has 54 heavy (non-hydrogen) atoms. The lowest BCUT2D eigenvalue weighted by Gasteiger charge is -2.22.